The van der Waals surface area contributed by atoms with E-state index in [4.69, 9.17) is 9.72 Å². The molecule has 0 saturated carbocycles. The summed E-state index contributed by atoms with van der Waals surface area (Å²) in [5, 5.41) is 6.38. The summed E-state index contributed by atoms with van der Waals surface area (Å²) >= 11 is 0. The van der Waals surface area contributed by atoms with Gasteiger partial charge in [0.25, 0.3) is 0 Å². The fraction of sp³-hybridized carbons (Fsp3) is 0.276. The Kier molecular flexibility index (Phi) is 6.71. The number of hydrogen-bond acceptors (Lipinski definition) is 5. The number of imidazole rings is 1. The van der Waals surface area contributed by atoms with E-state index in [0.29, 0.717) is 13.0 Å². The quantitative estimate of drug-likeness (QED) is 0.349. The molecule has 1 aliphatic heterocycles. The van der Waals surface area contributed by atoms with Crippen molar-refractivity contribution < 1.29 is 14.3 Å². The number of fused-ring (bicyclic) bond motifs is 1. The van der Waals surface area contributed by atoms with Crippen LogP contribution in [0.3, 0.4) is 0 Å². The van der Waals surface area contributed by atoms with Gasteiger partial charge in [-0.05, 0) is 72.7 Å². The Morgan fingerprint density at radius 3 is 2.72 bits per heavy atom. The number of esters is 1. The lowest BCUT2D eigenvalue weighted by Crippen LogP contribution is -2.14. The molecule has 0 bridgehead atoms. The lowest BCUT2D eigenvalue weighted by molar-refractivity contribution is -0.142. The van der Waals surface area contributed by atoms with Gasteiger partial charge in [-0.25, -0.2) is 4.98 Å². The molecule has 2 heterocycles. The van der Waals surface area contributed by atoms with Crippen molar-refractivity contribution in [3.8, 4) is 0 Å². The summed E-state index contributed by atoms with van der Waals surface area (Å²) in [4.78, 5) is 29.2. The maximum atomic E-state index is 12.7. The predicted molar refractivity (Wildman–Crippen MR) is 142 cm³/mol. The van der Waals surface area contributed by atoms with Gasteiger partial charge in [-0.3, -0.25) is 9.59 Å². The summed E-state index contributed by atoms with van der Waals surface area (Å²) in [6.07, 6.45) is 2.46. The first kappa shape index (κ1) is 23.6. The summed E-state index contributed by atoms with van der Waals surface area (Å²) in [5.41, 5.74) is 6.73. The molecule has 4 aromatic rings. The Morgan fingerprint density at radius 1 is 1.11 bits per heavy atom. The van der Waals surface area contributed by atoms with E-state index in [1.54, 1.807) is 0 Å². The zero-order valence-corrected chi connectivity index (χ0v) is 20.6. The van der Waals surface area contributed by atoms with Gasteiger partial charge in [-0.15, -0.1) is 0 Å². The van der Waals surface area contributed by atoms with Crippen LogP contribution in [0.1, 0.15) is 41.9 Å². The number of rotatable bonds is 6. The second-order valence-electron chi connectivity index (χ2n) is 9.37. The molecule has 184 valence electrons. The molecule has 1 saturated heterocycles. The summed E-state index contributed by atoms with van der Waals surface area (Å²) in [5.74, 6) is 0.690. The Labute approximate surface area is 210 Å². The van der Waals surface area contributed by atoms with Gasteiger partial charge in [0.05, 0.1) is 30.5 Å². The third kappa shape index (κ3) is 5.25. The SMILES string of the molecule is Cc1ccccc1Nc1nc2cc(CC(=O)Nc3ccc(C4CCCOC(=O)C4)cc3)ccc2n1C. The number of aromatic nitrogens is 2. The van der Waals surface area contributed by atoms with Gasteiger partial charge in [0.1, 0.15) is 0 Å². The highest BCUT2D eigenvalue weighted by Crippen LogP contribution is 2.29. The Morgan fingerprint density at radius 2 is 1.92 bits per heavy atom. The van der Waals surface area contributed by atoms with E-state index in [0.717, 1.165) is 57.9 Å². The van der Waals surface area contributed by atoms with Crippen molar-refractivity contribution in [2.75, 3.05) is 17.2 Å². The monoisotopic (exact) mass is 482 g/mol. The van der Waals surface area contributed by atoms with Crippen molar-refractivity contribution in [3.05, 3.63) is 83.4 Å². The first-order chi connectivity index (χ1) is 17.5. The molecule has 0 radical (unpaired) electrons. The van der Waals surface area contributed by atoms with Crippen LogP contribution >= 0.6 is 0 Å². The van der Waals surface area contributed by atoms with E-state index >= 15 is 0 Å². The molecule has 1 amide bonds. The predicted octanol–water partition coefficient (Wildman–Crippen LogP) is 5.62. The number of carbonyl (C=O) groups excluding carboxylic acids is 2. The average molecular weight is 483 g/mol. The zero-order chi connectivity index (χ0) is 25.1. The second-order valence-corrected chi connectivity index (χ2v) is 9.37. The highest BCUT2D eigenvalue weighted by molar-refractivity contribution is 5.93. The fourth-order valence-corrected chi connectivity index (χ4v) is 4.69. The molecule has 1 aliphatic rings. The summed E-state index contributed by atoms with van der Waals surface area (Å²) in [6.45, 7) is 2.56. The normalized spacial score (nSPS) is 15.8. The number of amides is 1. The van der Waals surface area contributed by atoms with Gasteiger partial charge in [0.15, 0.2) is 0 Å². The number of carbonyl (C=O) groups is 2. The molecule has 1 fully saturated rings. The minimum absolute atomic E-state index is 0.0886. The standard InChI is InChI=1S/C29H30N4O3/c1-19-6-3-4-8-24(19)31-29-32-25-16-20(9-14-26(25)33(29)2)17-27(34)30-23-12-10-21(11-13-23)22-7-5-15-36-28(35)18-22/h3-4,6,8-14,16,22H,5,7,15,17-18H2,1-2H3,(H,30,34)(H,31,32). The third-order valence-corrected chi connectivity index (χ3v) is 6.74. The number of anilines is 3. The minimum atomic E-state index is -0.141. The largest absolute Gasteiger partial charge is 0.466 e. The van der Waals surface area contributed by atoms with Gasteiger partial charge in [-0.2, -0.15) is 0 Å². The van der Waals surface area contributed by atoms with Crippen LogP contribution in [-0.4, -0.2) is 28.0 Å². The fourth-order valence-electron chi connectivity index (χ4n) is 4.69. The third-order valence-electron chi connectivity index (χ3n) is 6.74. The number of para-hydroxylation sites is 1. The van der Waals surface area contributed by atoms with E-state index in [1.165, 1.54) is 0 Å². The van der Waals surface area contributed by atoms with Crippen molar-refractivity contribution in [1.29, 1.82) is 0 Å². The van der Waals surface area contributed by atoms with Crippen molar-refractivity contribution >= 4 is 40.2 Å². The molecule has 7 heteroatoms. The summed E-state index contributed by atoms with van der Waals surface area (Å²) in [7, 11) is 1.98. The number of ether oxygens (including phenoxy) is 1. The molecule has 1 atom stereocenters. The smallest absolute Gasteiger partial charge is 0.306 e. The molecule has 7 nitrogen and oxygen atoms in total. The van der Waals surface area contributed by atoms with E-state index in [1.807, 2.05) is 72.3 Å². The zero-order valence-electron chi connectivity index (χ0n) is 20.6. The molecular weight excluding hydrogens is 452 g/mol. The van der Waals surface area contributed by atoms with Crippen molar-refractivity contribution in [2.24, 2.45) is 7.05 Å². The van der Waals surface area contributed by atoms with Gasteiger partial charge in [0.2, 0.25) is 11.9 Å². The molecule has 1 unspecified atom stereocenters. The Hall–Kier alpha value is -4.13. The molecule has 0 aliphatic carbocycles. The number of aryl methyl sites for hydroxylation is 2. The van der Waals surface area contributed by atoms with E-state index < -0.39 is 0 Å². The number of hydrogen-bond donors (Lipinski definition) is 2. The van der Waals surface area contributed by atoms with Crippen molar-refractivity contribution in [1.82, 2.24) is 9.55 Å². The second kappa shape index (κ2) is 10.2. The highest BCUT2D eigenvalue weighted by atomic mass is 16.5. The first-order valence-corrected chi connectivity index (χ1v) is 12.3. The molecule has 5 rings (SSSR count). The van der Waals surface area contributed by atoms with Gasteiger partial charge in [0, 0.05) is 18.4 Å². The number of benzene rings is 3. The van der Waals surface area contributed by atoms with Gasteiger partial charge < -0.3 is 19.9 Å². The van der Waals surface area contributed by atoms with Gasteiger partial charge in [-0.1, -0.05) is 36.4 Å². The highest BCUT2D eigenvalue weighted by Gasteiger charge is 2.20. The van der Waals surface area contributed by atoms with Crippen LogP contribution in [0, 0.1) is 6.92 Å². The maximum Gasteiger partial charge on any atom is 0.306 e. The van der Waals surface area contributed by atoms with Crippen molar-refractivity contribution in [3.63, 3.8) is 0 Å². The molecule has 36 heavy (non-hydrogen) atoms. The van der Waals surface area contributed by atoms with Crippen LogP contribution in [0.2, 0.25) is 0 Å². The minimum Gasteiger partial charge on any atom is -0.466 e. The molecule has 2 N–H and O–H groups in total. The lowest BCUT2D eigenvalue weighted by atomic mass is 9.92. The van der Waals surface area contributed by atoms with Crippen LogP contribution in [0.15, 0.2) is 66.7 Å². The average Bonchev–Trinajstić information content (AvgIpc) is 3.01. The molecule has 3 aromatic carbocycles. The number of cyclic esters (lactones) is 1. The van der Waals surface area contributed by atoms with E-state index in [9.17, 15) is 9.59 Å². The van der Waals surface area contributed by atoms with Crippen LogP contribution in [0.5, 0.6) is 0 Å². The van der Waals surface area contributed by atoms with E-state index in [2.05, 4.69) is 23.6 Å². The first-order valence-electron chi connectivity index (χ1n) is 12.3. The molecule has 0 spiro atoms. The van der Waals surface area contributed by atoms with Crippen LogP contribution in [0.25, 0.3) is 11.0 Å². The van der Waals surface area contributed by atoms with Gasteiger partial charge >= 0.3 is 5.97 Å². The topological polar surface area (TPSA) is 85.2 Å². The lowest BCUT2D eigenvalue weighted by Gasteiger charge is -2.13. The number of nitrogens with one attached hydrogen (secondary N) is 2. The van der Waals surface area contributed by atoms with Crippen molar-refractivity contribution in [2.45, 2.75) is 38.5 Å². The van der Waals surface area contributed by atoms with Crippen LogP contribution in [-0.2, 0) is 27.8 Å². The van der Waals surface area contributed by atoms with E-state index in [-0.39, 0.29) is 24.2 Å². The molecule has 1 aromatic heterocycles. The summed E-state index contributed by atoms with van der Waals surface area (Å²) in [6, 6.07) is 21.8. The molecular formula is C29H30N4O3. The Balaban J connectivity index is 1.24. The summed E-state index contributed by atoms with van der Waals surface area (Å²) < 4.78 is 7.16. The number of nitrogens with zero attached hydrogens (tertiary/aromatic N) is 2. The van der Waals surface area contributed by atoms with Crippen LogP contribution in [0.4, 0.5) is 17.3 Å². The maximum absolute atomic E-state index is 12.7. The Bertz CT molecular complexity index is 1410. The van der Waals surface area contributed by atoms with Crippen LogP contribution < -0.4 is 10.6 Å².